The van der Waals surface area contributed by atoms with Gasteiger partial charge in [0.25, 0.3) is 0 Å². The minimum atomic E-state index is -0.279. The third-order valence-corrected chi connectivity index (χ3v) is 7.77. The molecule has 0 fully saturated rings. The van der Waals surface area contributed by atoms with Gasteiger partial charge in [0.15, 0.2) is 0 Å². The molecule has 0 saturated carbocycles. The van der Waals surface area contributed by atoms with Crippen LogP contribution in [0.5, 0.6) is 0 Å². The van der Waals surface area contributed by atoms with Crippen LogP contribution < -0.4 is 0 Å². The maximum absolute atomic E-state index is 11.8. The Morgan fingerprint density at radius 3 is 1.35 bits per heavy atom. The third-order valence-electron chi connectivity index (χ3n) is 7.77. The number of unbranched alkanes of at least 4 members (excludes halogenated alkanes) is 23. The summed E-state index contributed by atoms with van der Waals surface area (Å²) in [4.78, 5) is 16.5. The topological polar surface area (TPSA) is 111 Å². The number of rotatable bonds is 37. The van der Waals surface area contributed by atoms with E-state index in [2.05, 4.69) is 48.6 Å². The molecule has 1 N–H and O–H groups in total. The molecule has 0 rings (SSSR count). The summed E-state index contributed by atoms with van der Waals surface area (Å²) in [6, 6.07) is 0. The van der Waals surface area contributed by atoms with Crippen molar-refractivity contribution >= 4 is 5.97 Å². The number of ether oxygens (including phenoxy) is 1. The summed E-state index contributed by atoms with van der Waals surface area (Å²) in [7, 11) is 0. The minimum Gasteiger partial charge on any atom is -0.459 e. The van der Waals surface area contributed by atoms with Crippen molar-refractivity contribution in [3.8, 4) is 0 Å². The SMILES string of the molecule is C=CC(=O)OC(CCCCCCCCCCCCCC)CCCCCCCCCCCCCCCOOOOOOOO. The normalized spacial score (nSPS) is 12.0. The summed E-state index contributed by atoms with van der Waals surface area (Å²) in [6.07, 6.45) is 35.1. The summed E-state index contributed by atoms with van der Waals surface area (Å²) in [5.41, 5.74) is 0. The van der Waals surface area contributed by atoms with Gasteiger partial charge in [0, 0.05) is 6.08 Å². The van der Waals surface area contributed by atoms with E-state index in [1.54, 1.807) is 0 Å². The Morgan fingerprint density at radius 2 is 0.930 bits per heavy atom. The zero-order valence-corrected chi connectivity index (χ0v) is 27.3. The zero-order valence-electron chi connectivity index (χ0n) is 27.3. The molecule has 1 atom stereocenters. The highest BCUT2D eigenvalue weighted by molar-refractivity contribution is 5.81. The second-order valence-electron chi connectivity index (χ2n) is 11.6. The monoisotopic (exact) mass is 620 g/mol. The summed E-state index contributed by atoms with van der Waals surface area (Å²) < 4.78 is 5.65. The van der Waals surface area contributed by atoms with Gasteiger partial charge in [-0.25, -0.2) is 14.9 Å². The molecule has 256 valence electrons. The van der Waals surface area contributed by atoms with Crippen molar-refractivity contribution < 1.29 is 49.9 Å². The zero-order chi connectivity index (χ0) is 31.3. The number of carbonyl (C=O) groups excluding carboxylic acids is 1. The molecular formula is C33H64O10. The average molecular weight is 621 g/mol. The molecule has 0 aromatic rings. The lowest BCUT2D eigenvalue weighted by Crippen LogP contribution is -2.16. The molecule has 0 spiro atoms. The van der Waals surface area contributed by atoms with Crippen LogP contribution in [0, 0.1) is 0 Å². The smallest absolute Gasteiger partial charge is 0.330 e. The highest BCUT2D eigenvalue weighted by atomic mass is 17.9. The van der Waals surface area contributed by atoms with Crippen molar-refractivity contribution in [2.75, 3.05) is 6.61 Å². The molecule has 0 amide bonds. The Hall–Kier alpha value is -1.11. The Labute approximate surface area is 261 Å². The van der Waals surface area contributed by atoms with Crippen LogP contribution in [0.25, 0.3) is 0 Å². The van der Waals surface area contributed by atoms with Crippen molar-refractivity contribution in [1.29, 1.82) is 0 Å². The first-order chi connectivity index (χ1) is 21.2. The average Bonchev–Trinajstić information content (AvgIpc) is 3.02. The molecular weight excluding hydrogens is 556 g/mol. The van der Waals surface area contributed by atoms with Gasteiger partial charge < -0.3 is 4.74 Å². The molecule has 0 aromatic carbocycles. The fourth-order valence-corrected chi connectivity index (χ4v) is 5.27. The second-order valence-corrected chi connectivity index (χ2v) is 11.6. The number of hydrogen-bond donors (Lipinski definition) is 1. The van der Waals surface area contributed by atoms with Crippen LogP contribution in [0.3, 0.4) is 0 Å². The fraction of sp³-hybridized carbons (Fsp3) is 0.909. The molecule has 0 radical (unpaired) electrons. The van der Waals surface area contributed by atoms with Crippen molar-refractivity contribution in [3.63, 3.8) is 0 Å². The van der Waals surface area contributed by atoms with E-state index in [0.29, 0.717) is 6.61 Å². The predicted octanol–water partition coefficient (Wildman–Crippen LogP) is 10.7. The van der Waals surface area contributed by atoms with Crippen molar-refractivity contribution in [3.05, 3.63) is 12.7 Å². The highest BCUT2D eigenvalue weighted by Crippen LogP contribution is 2.18. The van der Waals surface area contributed by atoms with E-state index >= 15 is 0 Å². The van der Waals surface area contributed by atoms with Gasteiger partial charge in [0.05, 0.1) is 6.61 Å². The van der Waals surface area contributed by atoms with Crippen LogP contribution in [0.1, 0.15) is 180 Å². The summed E-state index contributed by atoms with van der Waals surface area (Å²) in [5.74, 6) is -0.279. The van der Waals surface area contributed by atoms with Gasteiger partial charge in [0.1, 0.15) is 6.10 Å². The summed E-state index contributed by atoms with van der Waals surface area (Å²) in [5, 5.41) is 29.9. The minimum absolute atomic E-state index is 0.0486. The maximum atomic E-state index is 11.8. The van der Waals surface area contributed by atoms with Gasteiger partial charge in [-0.1, -0.05) is 155 Å². The van der Waals surface area contributed by atoms with Crippen molar-refractivity contribution in [2.24, 2.45) is 0 Å². The van der Waals surface area contributed by atoms with E-state index in [1.807, 2.05) is 0 Å². The largest absolute Gasteiger partial charge is 0.459 e. The molecule has 0 aliphatic heterocycles. The first-order valence-electron chi connectivity index (χ1n) is 17.3. The molecule has 1 unspecified atom stereocenters. The lowest BCUT2D eigenvalue weighted by atomic mass is 10.0. The molecule has 10 heteroatoms. The van der Waals surface area contributed by atoms with Gasteiger partial charge in [-0.15, -0.1) is 0 Å². The van der Waals surface area contributed by atoms with Crippen molar-refractivity contribution in [2.45, 2.75) is 186 Å². The Bertz CT molecular complexity index is 564. The molecule has 0 aromatic heterocycles. The molecule has 0 saturated heterocycles. The van der Waals surface area contributed by atoms with Crippen LogP contribution in [0.4, 0.5) is 0 Å². The summed E-state index contributed by atoms with van der Waals surface area (Å²) >= 11 is 0. The van der Waals surface area contributed by atoms with Gasteiger partial charge in [-0.05, 0) is 62.3 Å². The van der Waals surface area contributed by atoms with E-state index in [-0.39, 0.29) is 12.1 Å². The van der Waals surface area contributed by atoms with E-state index in [4.69, 9.17) is 9.99 Å². The maximum Gasteiger partial charge on any atom is 0.330 e. The van der Waals surface area contributed by atoms with Gasteiger partial charge in [-0.3, -0.25) is 0 Å². The molecule has 0 heterocycles. The van der Waals surface area contributed by atoms with E-state index in [1.165, 1.54) is 134 Å². The number of carbonyl (C=O) groups is 1. The first-order valence-corrected chi connectivity index (χ1v) is 17.3. The Morgan fingerprint density at radius 1 is 0.558 bits per heavy atom. The van der Waals surface area contributed by atoms with Crippen LogP contribution in [0.15, 0.2) is 12.7 Å². The van der Waals surface area contributed by atoms with Crippen molar-refractivity contribution in [1.82, 2.24) is 0 Å². The number of esters is 1. The molecule has 10 nitrogen and oxygen atoms in total. The lowest BCUT2D eigenvalue weighted by molar-refractivity contribution is -0.812. The molecule has 0 aliphatic rings. The third kappa shape index (κ3) is 35.2. The van der Waals surface area contributed by atoms with E-state index in [9.17, 15) is 4.79 Å². The Kier molecular flexibility index (Phi) is 36.1. The standard InChI is InChI=1S/C33H64O10/c1-3-5-6-7-8-9-10-14-17-20-23-26-29-32(37-33(34)4-2)30-27-24-21-18-15-12-11-13-16-19-22-25-28-31-36-39-41-43-42-40-38-35/h4,32,35H,2-3,5-31H2,1H3. The quantitative estimate of drug-likeness (QED) is 0.0237. The van der Waals surface area contributed by atoms with Crippen LogP contribution in [0.2, 0.25) is 0 Å². The second kappa shape index (κ2) is 37.1. The van der Waals surface area contributed by atoms with Gasteiger partial charge in [-0.2, -0.15) is 0 Å². The molecule has 43 heavy (non-hydrogen) atoms. The lowest BCUT2D eigenvalue weighted by Gasteiger charge is -2.17. The van der Waals surface area contributed by atoms with Crippen LogP contribution in [-0.4, -0.2) is 23.9 Å². The van der Waals surface area contributed by atoms with E-state index < -0.39 is 0 Å². The van der Waals surface area contributed by atoms with Crippen LogP contribution in [-0.2, 0) is 44.6 Å². The predicted molar refractivity (Wildman–Crippen MR) is 166 cm³/mol. The first kappa shape index (κ1) is 41.9. The van der Waals surface area contributed by atoms with Gasteiger partial charge >= 0.3 is 5.97 Å². The highest BCUT2D eigenvalue weighted by Gasteiger charge is 2.12. The van der Waals surface area contributed by atoms with Crippen LogP contribution >= 0.6 is 0 Å². The summed E-state index contributed by atoms with van der Waals surface area (Å²) in [6.45, 7) is 6.20. The van der Waals surface area contributed by atoms with E-state index in [0.717, 1.165) is 44.9 Å². The van der Waals surface area contributed by atoms with Gasteiger partial charge in [0.2, 0.25) is 0 Å². The molecule has 0 aliphatic carbocycles. The molecule has 0 bridgehead atoms. The number of hydrogen-bond acceptors (Lipinski definition) is 10. The Balaban J connectivity index is 3.51. The fourth-order valence-electron chi connectivity index (χ4n) is 5.27.